The molecule has 1 amide bonds. The maximum absolute atomic E-state index is 12.4. The molecule has 0 aliphatic carbocycles. The highest BCUT2D eigenvalue weighted by molar-refractivity contribution is 7.99. The average Bonchev–Trinajstić information content (AvgIpc) is 3.02. The van der Waals surface area contributed by atoms with E-state index in [1.165, 1.54) is 0 Å². The fourth-order valence-corrected chi connectivity index (χ4v) is 3.02. The first-order chi connectivity index (χ1) is 12.7. The van der Waals surface area contributed by atoms with Crippen molar-refractivity contribution in [1.82, 2.24) is 19.8 Å². The Bertz CT molecular complexity index is 965. The summed E-state index contributed by atoms with van der Waals surface area (Å²) >= 11 is 1.57. The number of anilines is 1. The molecule has 0 unspecified atom stereocenters. The third kappa shape index (κ3) is 4.09. The van der Waals surface area contributed by atoms with Crippen molar-refractivity contribution in [2.45, 2.75) is 11.4 Å². The summed E-state index contributed by atoms with van der Waals surface area (Å²) in [5.41, 5.74) is 0.809. The number of hydrogen-bond donors (Lipinski definition) is 1. The van der Waals surface area contributed by atoms with Gasteiger partial charge in [0.05, 0.1) is 11.4 Å². The van der Waals surface area contributed by atoms with Crippen LogP contribution >= 0.6 is 11.8 Å². The Balaban J connectivity index is 1.73. The quantitative estimate of drug-likeness (QED) is 0.512. The molecule has 1 heterocycles. The second kappa shape index (κ2) is 8.30. The fourth-order valence-electron chi connectivity index (χ4n) is 2.27. The zero-order valence-electron chi connectivity index (χ0n) is 13.9. The second-order valence-corrected chi connectivity index (χ2v) is 6.37. The largest absolute Gasteiger partial charge is 0.368 e. The first-order valence-electron chi connectivity index (χ1n) is 7.90. The normalized spacial score (nSPS) is 10.5. The second-order valence-electron chi connectivity index (χ2n) is 5.31. The van der Waals surface area contributed by atoms with Gasteiger partial charge in [0, 0.05) is 10.6 Å². The van der Waals surface area contributed by atoms with E-state index in [0.29, 0.717) is 11.4 Å². The Morgan fingerprint density at radius 1 is 1.12 bits per heavy atom. The summed E-state index contributed by atoms with van der Waals surface area (Å²) in [4.78, 5) is 25.6. The Kier molecular flexibility index (Phi) is 5.65. The molecule has 7 nitrogen and oxygen atoms in total. The van der Waals surface area contributed by atoms with Crippen molar-refractivity contribution >= 4 is 23.4 Å². The predicted octanol–water partition coefficient (Wildman–Crippen LogP) is 2.35. The lowest BCUT2D eigenvalue weighted by atomic mass is 10.3. The average molecular weight is 367 g/mol. The molecule has 0 aliphatic rings. The van der Waals surface area contributed by atoms with Gasteiger partial charge in [0.25, 0.3) is 0 Å². The van der Waals surface area contributed by atoms with E-state index in [1.54, 1.807) is 42.1 Å². The molecular formula is C18H17N5O2S. The highest BCUT2D eigenvalue weighted by Crippen LogP contribution is 2.26. The number of tetrazole rings is 1. The van der Waals surface area contributed by atoms with Crippen molar-refractivity contribution in [3.63, 3.8) is 0 Å². The molecule has 0 atom stereocenters. The molecular weight excluding hydrogens is 350 g/mol. The van der Waals surface area contributed by atoms with Gasteiger partial charge in [-0.2, -0.15) is 9.36 Å². The predicted molar refractivity (Wildman–Crippen MR) is 102 cm³/mol. The standard InChI is InChI=1S/C18H17N5O2S/c1-2-12-26-16-11-7-6-10-15(16)19-17(24)13-22-18(25)23(21-20-22)14-8-4-3-5-9-14/h2-11H,1,12-13H2,(H,19,24). The number of amides is 1. The third-order valence-electron chi connectivity index (χ3n) is 3.45. The van der Waals surface area contributed by atoms with Crippen LogP contribution in [0.4, 0.5) is 5.69 Å². The summed E-state index contributed by atoms with van der Waals surface area (Å²) < 4.78 is 2.18. The number of nitrogens with one attached hydrogen (secondary N) is 1. The van der Waals surface area contributed by atoms with Crippen LogP contribution < -0.4 is 11.0 Å². The number of benzene rings is 2. The minimum absolute atomic E-state index is 0.216. The molecule has 2 aromatic carbocycles. The van der Waals surface area contributed by atoms with Gasteiger partial charge < -0.3 is 5.32 Å². The zero-order valence-corrected chi connectivity index (χ0v) is 14.7. The number of thioether (sulfide) groups is 1. The molecule has 132 valence electrons. The van der Waals surface area contributed by atoms with E-state index in [9.17, 15) is 9.59 Å². The van der Waals surface area contributed by atoms with Crippen LogP contribution in [0.15, 0.2) is 76.9 Å². The minimum Gasteiger partial charge on any atom is -0.323 e. The number of carbonyl (C=O) groups is 1. The van der Waals surface area contributed by atoms with Gasteiger partial charge in [-0.05, 0) is 34.7 Å². The highest BCUT2D eigenvalue weighted by atomic mass is 32.2. The molecule has 1 aromatic heterocycles. The van der Waals surface area contributed by atoms with Crippen LogP contribution in [0.3, 0.4) is 0 Å². The SMILES string of the molecule is C=CCSc1ccccc1NC(=O)Cn1nnn(-c2ccccc2)c1=O. The van der Waals surface area contributed by atoms with Crippen molar-refractivity contribution in [2.75, 3.05) is 11.1 Å². The lowest BCUT2D eigenvalue weighted by Crippen LogP contribution is -2.29. The van der Waals surface area contributed by atoms with Gasteiger partial charge in [-0.3, -0.25) is 4.79 Å². The molecule has 0 bridgehead atoms. The van der Waals surface area contributed by atoms with Gasteiger partial charge >= 0.3 is 5.69 Å². The monoisotopic (exact) mass is 367 g/mol. The molecule has 8 heteroatoms. The van der Waals surface area contributed by atoms with E-state index in [0.717, 1.165) is 20.0 Å². The molecule has 0 radical (unpaired) electrons. The van der Waals surface area contributed by atoms with Crippen molar-refractivity contribution < 1.29 is 4.79 Å². The van der Waals surface area contributed by atoms with Crippen LogP contribution in [0.5, 0.6) is 0 Å². The first-order valence-corrected chi connectivity index (χ1v) is 8.88. The third-order valence-corrected chi connectivity index (χ3v) is 4.52. The summed E-state index contributed by atoms with van der Waals surface area (Å²) in [7, 11) is 0. The summed E-state index contributed by atoms with van der Waals surface area (Å²) in [5.74, 6) is 0.386. The summed E-state index contributed by atoms with van der Waals surface area (Å²) in [6.45, 7) is 3.48. The molecule has 0 saturated carbocycles. The molecule has 0 fully saturated rings. The molecule has 26 heavy (non-hydrogen) atoms. The van der Waals surface area contributed by atoms with Crippen molar-refractivity contribution in [3.05, 3.63) is 77.7 Å². The summed E-state index contributed by atoms with van der Waals surface area (Å²) in [6.07, 6.45) is 1.80. The van der Waals surface area contributed by atoms with Crippen LogP contribution in [-0.4, -0.2) is 31.5 Å². The first kappa shape index (κ1) is 17.7. The van der Waals surface area contributed by atoms with Gasteiger partial charge in [0.1, 0.15) is 6.54 Å². The molecule has 3 aromatic rings. The molecule has 3 rings (SSSR count). The number of nitrogens with zero attached hydrogens (tertiary/aromatic N) is 4. The number of aromatic nitrogens is 4. The van der Waals surface area contributed by atoms with Crippen LogP contribution in [0, 0.1) is 0 Å². The molecule has 1 N–H and O–H groups in total. The summed E-state index contributed by atoms with van der Waals surface area (Å²) in [6, 6.07) is 16.4. The van der Waals surface area contributed by atoms with Gasteiger partial charge in [-0.15, -0.1) is 18.3 Å². The topological polar surface area (TPSA) is 81.8 Å². The van der Waals surface area contributed by atoms with Crippen molar-refractivity contribution in [2.24, 2.45) is 0 Å². The van der Waals surface area contributed by atoms with Gasteiger partial charge in [0.15, 0.2) is 0 Å². The maximum Gasteiger partial charge on any atom is 0.368 e. The summed E-state index contributed by atoms with van der Waals surface area (Å²) in [5, 5.41) is 10.4. The van der Waals surface area contributed by atoms with Crippen molar-refractivity contribution in [3.8, 4) is 5.69 Å². The van der Waals surface area contributed by atoms with Crippen LogP contribution in [0.2, 0.25) is 0 Å². The molecule has 0 spiro atoms. The van der Waals surface area contributed by atoms with E-state index in [4.69, 9.17) is 0 Å². The fraction of sp³-hybridized carbons (Fsp3) is 0.111. The van der Waals surface area contributed by atoms with E-state index >= 15 is 0 Å². The minimum atomic E-state index is -0.472. The molecule has 0 saturated heterocycles. The van der Waals surface area contributed by atoms with Gasteiger partial charge in [-0.1, -0.05) is 36.4 Å². The Hall–Kier alpha value is -3.13. The number of carbonyl (C=O) groups excluding carboxylic acids is 1. The van der Waals surface area contributed by atoms with E-state index in [-0.39, 0.29) is 12.5 Å². The van der Waals surface area contributed by atoms with E-state index in [1.807, 2.05) is 30.3 Å². The van der Waals surface area contributed by atoms with Crippen LogP contribution in [0.1, 0.15) is 0 Å². The Morgan fingerprint density at radius 2 is 1.85 bits per heavy atom. The molecule has 0 aliphatic heterocycles. The lowest BCUT2D eigenvalue weighted by molar-refractivity contribution is -0.117. The van der Waals surface area contributed by atoms with Crippen LogP contribution in [0.25, 0.3) is 5.69 Å². The van der Waals surface area contributed by atoms with Gasteiger partial charge in [0.2, 0.25) is 5.91 Å². The van der Waals surface area contributed by atoms with Crippen molar-refractivity contribution in [1.29, 1.82) is 0 Å². The van der Waals surface area contributed by atoms with E-state index in [2.05, 4.69) is 22.3 Å². The zero-order chi connectivity index (χ0) is 18.4. The highest BCUT2D eigenvalue weighted by Gasteiger charge is 2.13. The van der Waals surface area contributed by atoms with Gasteiger partial charge in [-0.25, -0.2) is 4.79 Å². The Labute approximate surface area is 154 Å². The van der Waals surface area contributed by atoms with E-state index < -0.39 is 5.69 Å². The van der Waals surface area contributed by atoms with Crippen LogP contribution in [-0.2, 0) is 11.3 Å². The number of hydrogen-bond acceptors (Lipinski definition) is 5. The number of para-hydroxylation sites is 2. The Morgan fingerprint density at radius 3 is 2.62 bits per heavy atom. The maximum atomic E-state index is 12.4. The number of rotatable bonds is 7. The smallest absolute Gasteiger partial charge is 0.323 e. The lowest BCUT2D eigenvalue weighted by Gasteiger charge is -2.09.